The highest BCUT2D eigenvalue weighted by Crippen LogP contribution is 2.21. The molecule has 1 N–H and O–H groups in total. The van der Waals surface area contributed by atoms with E-state index in [-0.39, 0.29) is 15.0 Å². The molecule has 0 spiro atoms. The first-order chi connectivity index (χ1) is 16.7. The number of hydrogen-bond donors (Lipinski definition) is 1. The molecule has 0 unspecified atom stereocenters. The molecule has 3 aromatic rings. The van der Waals surface area contributed by atoms with Gasteiger partial charge in [-0.1, -0.05) is 29.5 Å². The van der Waals surface area contributed by atoms with Gasteiger partial charge in [-0.25, -0.2) is 8.42 Å². The van der Waals surface area contributed by atoms with Crippen LogP contribution in [0.1, 0.15) is 23.1 Å². The van der Waals surface area contributed by atoms with E-state index in [1.807, 2.05) is 31.2 Å². The molecular formula is C24H24N4O5S2. The van der Waals surface area contributed by atoms with Gasteiger partial charge in [0.05, 0.1) is 13.2 Å². The smallest absolute Gasteiger partial charge is 0.268 e. The zero-order valence-electron chi connectivity index (χ0n) is 19.4. The number of sulfone groups is 1. The average molecular weight is 513 g/mol. The summed E-state index contributed by atoms with van der Waals surface area (Å²) in [6.45, 7) is 5.11. The minimum Gasteiger partial charge on any atom is -0.493 e. The number of nitrogens with zero attached hydrogens (tertiary/aromatic N) is 3. The number of nitrogens with one attached hydrogen (secondary N) is 1. The number of aromatic nitrogens is 2. The van der Waals surface area contributed by atoms with Crippen LogP contribution in [-0.4, -0.2) is 44.0 Å². The summed E-state index contributed by atoms with van der Waals surface area (Å²) in [6, 6.07) is 14.8. The lowest BCUT2D eigenvalue weighted by molar-refractivity contribution is -0.112. The summed E-state index contributed by atoms with van der Waals surface area (Å²) < 4.78 is 34.2. The number of carbonyl (C=O) groups excluding carboxylic acids is 1. The largest absolute Gasteiger partial charge is 0.493 e. The monoisotopic (exact) mass is 512 g/mol. The highest BCUT2D eigenvalue weighted by atomic mass is 32.2. The molecule has 0 aliphatic heterocycles. The van der Waals surface area contributed by atoms with Gasteiger partial charge in [-0.3, -0.25) is 10.1 Å². The molecule has 9 nitrogen and oxygen atoms in total. The van der Waals surface area contributed by atoms with Crippen molar-refractivity contribution in [1.29, 1.82) is 5.26 Å². The second kappa shape index (κ2) is 11.6. The Morgan fingerprint density at radius 3 is 2.31 bits per heavy atom. The zero-order chi connectivity index (χ0) is 25.4. The normalized spacial score (nSPS) is 11.5. The van der Waals surface area contributed by atoms with Crippen molar-refractivity contribution in [1.82, 2.24) is 10.2 Å². The van der Waals surface area contributed by atoms with E-state index >= 15 is 0 Å². The molecule has 0 fully saturated rings. The highest BCUT2D eigenvalue weighted by Gasteiger charge is 2.17. The van der Waals surface area contributed by atoms with Gasteiger partial charge in [-0.05, 0) is 60.9 Å². The number of amides is 1. The van der Waals surface area contributed by atoms with Crippen LogP contribution >= 0.6 is 11.3 Å². The summed E-state index contributed by atoms with van der Waals surface area (Å²) in [5.41, 5.74) is 2.86. The van der Waals surface area contributed by atoms with Crippen LogP contribution in [0.5, 0.6) is 11.5 Å². The van der Waals surface area contributed by atoms with Gasteiger partial charge in [0.15, 0.2) is 0 Å². The van der Waals surface area contributed by atoms with Crippen molar-refractivity contribution in [2.45, 2.75) is 24.6 Å². The van der Waals surface area contributed by atoms with Gasteiger partial charge in [0, 0.05) is 12.7 Å². The van der Waals surface area contributed by atoms with Crippen LogP contribution in [-0.2, 0) is 14.6 Å². The Morgan fingerprint density at radius 1 is 1.06 bits per heavy atom. The van der Waals surface area contributed by atoms with Crippen LogP contribution in [0.2, 0.25) is 0 Å². The van der Waals surface area contributed by atoms with E-state index in [1.165, 1.54) is 17.2 Å². The minimum atomic E-state index is -3.53. The highest BCUT2D eigenvalue weighted by molar-refractivity contribution is 7.92. The van der Waals surface area contributed by atoms with E-state index in [0.29, 0.717) is 42.3 Å². The molecule has 0 saturated carbocycles. The third kappa shape index (κ3) is 7.63. The molecule has 0 aliphatic rings. The van der Waals surface area contributed by atoms with Gasteiger partial charge < -0.3 is 9.47 Å². The molecule has 0 atom stereocenters. The first-order valence-electron chi connectivity index (χ1n) is 10.6. The first kappa shape index (κ1) is 25.9. The fourth-order valence-corrected chi connectivity index (χ4v) is 4.30. The standard InChI is InChI=1S/C24H24N4O5S2/c1-16-5-8-21(13-17(16)2)33-12-4-11-32-20-9-6-18(7-10-20)14-19(15-25)22(29)26-23-27-28-24(34-23)35(3,30)31/h5-10,13-14H,4,11-12H2,1-3H3,(H,26,27,29). The maximum atomic E-state index is 12.4. The summed E-state index contributed by atoms with van der Waals surface area (Å²) in [7, 11) is -3.53. The number of hydrogen-bond acceptors (Lipinski definition) is 9. The van der Waals surface area contributed by atoms with Crippen LogP contribution in [0.15, 0.2) is 52.4 Å². The second-order valence-electron chi connectivity index (χ2n) is 7.63. The summed E-state index contributed by atoms with van der Waals surface area (Å²) >= 11 is 0.711. The Labute approximate surface area is 208 Å². The lowest BCUT2D eigenvalue weighted by Crippen LogP contribution is -2.13. The second-order valence-corrected chi connectivity index (χ2v) is 10.8. The SMILES string of the molecule is Cc1ccc(OCCCOc2ccc(C=C(C#N)C(=O)Nc3nnc(S(C)(=O)=O)s3)cc2)cc1C. The lowest BCUT2D eigenvalue weighted by Gasteiger charge is -2.09. The maximum absolute atomic E-state index is 12.4. The van der Waals surface area contributed by atoms with Crippen molar-refractivity contribution in [3.8, 4) is 17.6 Å². The number of anilines is 1. The van der Waals surface area contributed by atoms with E-state index in [1.54, 1.807) is 24.3 Å². The molecule has 0 aliphatic carbocycles. The Bertz CT molecular complexity index is 1370. The molecule has 1 heterocycles. The number of ether oxygens (including phenoxy) is 2. The number of benzene rings is 2. The summed E-state index contributed by atoms with van der Waals surface area (Å²) in [5.74, 6) is 0.773. The predicted octanol–water partition coefficient (Wildman–Crippen LogP) is 3.95. The molecule has 182 valence electrons. The van der Waals surface area contributed by atoms with E-state index < -0.39 is 15.7 Å². The van der Waals surface area contributed by atoms with Crippen LogP contribution in [0.3, 0.4) is 0 Å². The van der Waals surface area contributed by atoms with Crippen molar-refractivity contribution in [3.05, 3.63) is 64.7 Å². The molecule has 0 saturated heterocycles. The van der Waals surface area contributed by atoms with Gasteiger partial charge in [-0.2, -0.15) is 5.26 Å². The van der Waals surface area contributed by atoms with Crippen LogP contribution in [0, 0.1) is 25.2 Å². The topological polar surface area (TPSA) is 131 Å². The third-order valence-corrected chi connectivity index (χ3v) is 7.31. The van der Waals surface area contributed by atoms with E-state index in [4.69, 9.17) is 9.47 Å². The van der Waals surface area contributed by atoms with Crippen LogP contribution in [0.4, 0.5) is 5.13 Å². The van der Waals surface area contributed by atoms with Gasteiger partial charge >= 0.3 is 0 Å². The molecule has 0 radical (unpaired) electrons. The van der Waals surface area contributed by atoms with Crippen molar-refractivity contribution < 1.29 is 22.7 Å². The molecule has 0 bridgehead atoms. The van der Waals surface area contributed by atoms with Gasteiger partial charge in [0.2, 0.25) is 19.3 Å². The predicted molar refractivity (Wildman–Crippen MR) is 133 cm³/mol. The molecule has 11 heteroatoms. The van der Waals surface area contributed by atoms with Crippen LogP contribution in [0.25, 0.3) is 6.08 Å². The number of carbonyl (C=O) groups is 1. The van der Waals surface area contributed by atoms with E-state index in [0.717, 1.165) is 12.0 Å². The zero-order valence-corrected chi connectivity index (χ0v) is 21.1. The molecule has 3 rings (SSSR count). The quantitative estimate of drug-likeness (QED) is 0.187. The molecule has 1 amide bonds. The minimum absolute atomic E-state index is 0.0122. The van der Waals surface area contributed by atoms with E-state index in [2.05, 4.69) is 22.4 Å². The fraction of sp³-hybridized carbons (Fsp3) is 0.250. The lowest BCUT2D eigenvalue weighted by atomic mass is 10.1. The van der Waals surface area contributed by atoms with Crippen molar-refractivity contribution >= 4 is 38.3 Å². The van der Waals surface area contributed by atoms with E-state index in [9.17, 15) is 18.5 Å². The Hall–Kier alpha value is -3.75. The summed E-state index contributed by atoms with van der Waals surface area (Å²) in [6.07, 6.45) is 3.11. The molecule has 1 aromatic heterocycles. The Morgan fingerprint density at radius 2 is 1.71 bits per heavy atom. The third-order valence-electron chi connectivity index (χ3n) is 4.80. The van der Waals surface area contributed by atoms with Crippen LogP contribution < -0.4 is 14.8 Å². The average Bonchev–Trinajstić information content (AvgIpc) is 3.29. The van der Waals surface area contributed by atoms with Gasteiger partial charge in [0.1, 0.15) is 23.1 Å². The fourth-order valence-electron chi connectivity index (χ4n) is 2.79. The maximum Gasteiger partial charge on any atom is 0.268 e. The first-order valence-corrected chi connectivity index (χ1v) is 13.3. The summed E-state index contributed by atoms with van der Waals surface area (Å²) in [4.78, 5) is 12.4. The molecule has 35 heavy (non-hydrogen) atoms. The summed E-state index contributed by atoms with van der Waals surface area (Å²) in [5, 5.41) is 18.9. The van der Waals surface area contributed by atoms with Crippen molar-refractivity contribution in [3.63, 3.8) is 0 Å². The van der Waals surface area contributed by atoms with Gasteiger partial charge in [-0.15, -0.1) is 10.2 Å². The number of rotatable bonds is 10. The van der Waals surface area contributed by atoms with Crippen molar-refractivity contribution in [2.75, 3.05) is 24.8 Å². The molecular weight excluding hydrogens is 488 g/mol. The Balaban J connectivity index is 1.49. The van der Waals surface area contributed by atoms with Crippen molar-refractivity contribution in [2.24, 2.45) is 0 Å². The molecule has 2 aromatic carbocycles. The Kier molecular flexibility index (Phi) is 8.57. The van der Waals surface area contributed by atoms with Gasteiger partial charge in [0.25, 0.3) is 5.91 Å². The number of nitriles is 1. The number of aryl methyl sites for hydroxylation is 2.